The zero-order chi connectivity index (χ0) is 18.4. The van der Waals surface area contributed by atoms with Crippen LogP contribution in [0.2, 0.25) is 4.34 Å². The summed E-state index contributed by atoms with van der Waals surface area (Å²) in [5.74, 6) is 1.24. The van der Waals surface area contributed by atoms with E-state index < -0.39 is 0 Å². The molecule has 0 atom stereocenters. The van der Waals surface area contributed by atoms with E-state index in [1.807, 2.05) is 35.4 Å². The maximum Gasteiger partial charge on any atom is 0.223 e. The Kier molecular flexibility index (Phi) is 6.88. The molecule has 2 aromatic heterocycles. The van der Waals surface area contributed by atoms with Crippen LogP contribution in [0.4, 0.5) is 5.82 Å². The van der Waals surface area contributed by atoms with Gasteiger partial charge in [-0.3, -0.25) is 9.69 Å². The lowest BCUT2D eigenvalue weighted by Gasteiger charge is -2.35. The summed E-state index contributed by atoms with van der Waals surface area (Å²) in [6.07, 6.45) is 2.38. The SMILES string of the molecule is CCN(CCC(=O)N1CCN(c2ccccn2)CC1)Cc1ccc(Cl)s1. The Balaban J connectivity index is 1.43. The van der Waals surface area contributed by atoms with Crippen molar-refractivity contribution in [2.75, 3.05) is 44.2 Å². The van der Waals surface area contributed by atoms with Gasteiger partial charge < -0.3 is 9.80 Å². The minimum atomic E-state index is 0.244. The third-order valence-corrected chi connectivity index (χ3v) is 5.92. The van der Waals surface area contributed by atoms with E-state index in [0.29, 0.717) is 6.42 Å². The van der Waals surface area contributed by atoms with Crippen molar-refractivity contribution in [3.05, 3.63) is 45.7 Å². The van der Waals surface area contributed by atoms with E-state index in [0.717, 1.165) is 56.0 Å². The van der Waals surface area contributed by atoms with Gasteiger partial charge in [-0.2, -0.15) is 0 Å². The number of pyridine rings is 1. The van der Waals surface area contributed by atoms with Crippen molar-refractivity contribution < 1.29 is 4.79 Å². The number of halogens is 1. The fourth-order valence-electron chi connectivity index (χ4n) is 3.14. The largest absolute Gasteiger partial charge is 0.353 e. The molecule has 0 bridgehead atoms. The number of nitrogens with zero attached hydrogens (tertiary/aromatic N) is 4. The van der Waals surface area contributed by atoms with Gasteiger partial charge in [-0.25, -0.2) is 4.98 Å². The molecular formula is C19H25ClN4OS. The Bertz CT molecular complexity index is 701. The molecular weight excluding hydrogens is 368 g/mol. The van der Waals surface area contributed by atoms with E-state index in [9.17, 15) is 4.79 Å². The first-order valence-electron chi connectivity index (χ1n) is 9.06. The van der Waals surface area contributed by atoms with Gasteiger partial charge in [0.2, 0.25) is 5.91 Å². The molecule has 0 N–H and O–H groups in total. The second kappa shape index (κ2) is 9.35. The quantitative estimate of drug-likeness (QED) is 0.724. The van der Waals surface area contributed by atoms with Gasteiger partial charge in [0.15, 0.2) is 0 Å². The molecule has 5 nitrogen and oxygen atoms in total. The highest BCUT2D eigenvalue weighted by Gasteiger charge is 2.22. The number of hydrogen-bond donors (Lipinski definition) is 0. The molecule has 1 aliphatic rings. The van der Waals surface area contributed by atoms with Crippen molar-refractivity contribution in [3.8, 4) is 0 Å². The van der Waals surface area contributed by atoms with Crippen LogP contribution in [0, 0.1) is 0 Å². The predicted octanol–water partition coefficient (Wildman–Crippen LogP) is 3.36. The number of anilines is 1. The van der Waals surface area contributed by atoms with E-state index in [2.05, 4.69) is 27.8 Å². The van der Waals surface area contributed by atoms with Crippen molar-refractivity contribution in [2.45, 2.75) is 19.9 Å². The molecule has 0 aromatic carbocycles. The molecule has 0 saturated carbocycles. The Morgan fingerprint density at radius 2 is 2.04 bits per heavy atom. The molecule has 0 spiro atoms. The van der Waals surface area contributed by atoms with Crippen molar-refractivity contribution in [1.82, 2.24) is 14.8 Å². The minimum Gasteiger partial charge on any atom is -0.353 e. The summed E-state index contributed by atoms with van der Waals surface area (Å²) in [7, 11) is 0. The van der Waals surface area contributed by atoms with Crippen LogP contribution >= 0.6 is 22.9 Å². The van der Waals surface area contributed by atoms with Gasteiger partial charge in [-0.1, -0.05) is 24.6 Å². The Morgan fingerprint density at radius 3 is 2.65 bits per heavy atom. The zero-order valence-electron chi connectivity index (χ0n) is 15.1. The van der Waals surface area contributed by atoms with Crippen molar-refractivity contribution >= 4 is 34.7 Å². The van der Waals surface area contributed by atoms with Crippen molar-refractivity contribution in [1.29, 1.82) is 0 Å². The number of piperazine rings is 1. The predicted molar refractivity (Wildman–Crippen MR) is 108 cm³/mol. The number of aromatic nitrogens is 1. The van der Waals surface area contributed by atoms with Crippen LogP contribution in [-0.4, -0.2) is 60.0 Å². The van der Waals surface area contributed by atoms with E-state index in [1.54, 1.807) is 11.3 Å². The average Bonchev–Trinajstić information content (AvgIpc) is 3.10. The molecule has 26 heavy (non-hydrogen) atoms. The Hall–Kier alpha value is -1.63. The molecule has 2 aromatic rings. The van der Waals surface area contributed by atoms with Crippen LogP contribution in [0.5, 0.6) is 0 Å². The first-order valence-corrected chi connectivity index (χ1v) is 10.3. The van der Waals surface area contributed by atoms with Crippen LogP contribution in [0.25, 0.3) is 0 Å². The molecule has 1 amide bonds. The smallest absolute Gasteiger partial charge is 0.223 e. The van der Waals surface area contributed by atoms with Crippen molar-refractivity contribution in [3.63, 3.8) is 0 Å². The molecule has 1 aliphatic heterocycles. The molecule has 0 aliphatic carbocycles. The van der Waals surface area contributed by atoms with Gasteiger partial charge in [-0.05, 0) is 30.8 Å². The zero-order valence-corrected chi connectivity index (χ0v) is 16.7. The van der Waals surface area contributed by atoms with Gasteiger partial charge in [-0.15, -0.1) is 11.3 Å². The molecule has 0 unspecified atom stereocenters. The van der Waals surface area contributed by atoms with E-state index in [1.165, 1.54) is 4.88 Å². The number of rotatable bonds is 7. The van der Waals surface area contributed by atoms with Gasteiger partial charge in [0.1, 0.15) is 5.82 Å². The van der Waals surface area contributed by atoms with Gasteiger partial charge in [0.25, 0.3) is 0 Å². The summed E-state index contributed by atoms with van der Waals surface area (Å²) in [6, 6.07) is 9.94. The summed E-state index contributed by atoms with van der Waals surface area (Å²) >= 11 is 7.61. The Morgan fingerprint density at radius 1 is 1.23 bits per heavy atom. The maximum atomic E-state index is 12.6. The lowest BCUT2D eigenvalue weighted by Crippen LogP contribution is -2.49. The van der Waals surface area contributed by atoms with Crippen LogP contribution < -0.4 is 4.90 Å². The third kappa shape index (κ3) is 5.19. The second-order valence-corrected chi connectivity index (χ2v) is 8.18. The maximum absolute atomic E-state index is 12.6. The normalized spacial score (nSPS) is 14.9. The summed E-state index contributed by atoms with van der Waals surface area (Å²) in [5.41, 5.74) is 0. The number of hydrogen-bond acceptors (Lipinski definition) is 5. The third-order valence-electron chi connectivity index (χ3n) is 4.70. The molecule has 1 fully saturated rings. The van der Waals surface area contributed by atoms with Crippen molar-refractivity contribution in [2.24, 2.45) is 0 Å². The molecule has 0 radical (unpaired) electrons. The van der Waals surface area contributed by atoms with Gasteiger partial charge >= 0.3 is 0 Å². The number of carbonyl (C=O) groups excluding carboxylic acids is 1. The number of thiophene rings is 1. The lowest BCUT2D eigenvalue weighted by molar-refractivity contribution is -0.131. The molecule has 1 saturated heterocycles. The second-order valence-electron chi connectivity index (χ2n) is 6.38. The minimum absolute atomic E-state index is 0.244. The summed E-state index contributed by atoms with van der Waals surface area (Å²) < 4.78 is 0.818. The van der Waals surface area contributed by atoms with E-state index in [4.69, 9.17) is 11.6 Å². The lowest BCUT2D eigenvalue weighted by atomic mass is 10.2. The average molecular weight is 393 g/mol. The molecule has 3 heterocycles. The highest BCUT2D eigenvalue weighted by molar-refractivity contribution is 7.16. The topological polar surface area (TPSA) is 39.7 Å². The highest BCUT2D eigenvalue weighted by Crippen LogP contribution is 2.22. The Labute approximate surface area is 164 Å². The highest BCUT2D eigenvalue weighted by atomic mass is 35.5. The summed E-state index contributed by atoms with van der Waals surface area (Å²) in [5, 5.41) is 0. The van der Waals surface area contributed by atoms with E-state index >= 15 is 0 Å². The monoisotopic (exact) mass is 392 g/mol. The summed E-state index contributed by atoms with van der Waals surface area (Å²) in [4.78, 5) is 24.7. The standard InChI is InChI=1S/C19H25ClN4OS/c1-2-22(15-16-6-7-17(20)26-16)10-8-19(25)24-13-11-23(12-14-24)18-5-3-4-9-21-18/h3-7,9H,2,8,10-15H2,1H3. The van der Waals surface area contributed by atoms with Crippen LogP contribution in [0.1, 0.15) is 18.2 Å². The number of amides is 1. The van der Waals surface area contributed by atoms with E-state index in [-0.39, 0.29) is 5.91 Å². The molecule has 7 heteroatoms. The number of carbonyl (C=O) groups is 1. The first-order chi connectivity index (χ1) is 12.7. The van der Waals surface area contributed by atoms with Gasteiger partial charge in [0, 0.05) is 56.8 Å². The molecule has 140 valence electrons. The fourth-order valence-corrected chi connectivity index (χ4v) is 4.27. The fraction of sp³-hybridized carbons (Fsp3) is 0.474. The first kappa shape index (κ1) is 19.1. The van der Waals surface area contributed by atoms with Crippen LogP contribution in [0.15, 0.2) is 36.5 Å². The van der Waals surface area contributed by atoms with Gasteiger partial charge in [0.05, 0.1) is 4.34 Å². The van der Waals surface area contributed by atoms with Crippen LogP contribution in [-0.2, 0) is 11.3 Å². The molecule has 3 rings (SSSR count). The summed E-state index contributed by atoms with van der Waals surface area (Å²) in [6.45, 7) is 7.91. The van der Waals surface area contributed by atoms with Crippen LogP contribution in [0.3, 0.4) is 0 Å².